The van der Waals surface area contributed by atoms with Crippen molar-refractivity contribution in [3.05, 3.63) is 36.3 Å². The number of hydrogen-bond donors (Lipinski definition) is 1. The summed E-state index contributed by atoms with van der Waals surface area (Å²) in [7, 11) is 1.18. The zero-order valence-corrected chi connectivity index (χ0v) is 27.5. The Kier molecular flexibility index (Phi) is 8.24. The molecule has 0 radical (unpaired) electrons. The van der Waals surface area contributed by atoms with E-state index in [1.165, 1.54) is 39.5 Å². The minimum Gasteiger partial charge on any atom is -0.472 e. The van der Waals surface area contributed by atoms with Crippen LogP contribution in [0, 0.1) is 28.1 Å². The number of carbonyl (C=O) groups is 6. The first-order chi connectivity index (χ1) is 21.8. The van der Waals surface area contributed by atoms with Crippen molar-refractivity contribution in [2.45, 2.75) is 97.1 Å². The molecule has 0 aromatic carbocycles. The zero-order chi connectivity index (χ0) is 35.0. The van der Waals surface area contributed by atoms with Gasteiger partial charge >= 0.3 is 29.8 Å². The van der Waals surface area contributed by atoms with Gasteiger partial charge in [0.05, 0.1) is 48.9 Å². The molecule has 2 saturated carbocycles. The molecule has 3 heterocycles. The van der Waals surface area contributed by atoms with Crippen molar-refractivity contribution in [1.29, 1.82) is 0 Å². The van der Waals surface area contributed by atoms with Crippen LogP contribution in [0.15, 0.2) is 35.2 Å². The molecule has 1 spiro atoms. The lowest BCUT2D eigenvalue weighted by atomic mass is 9.49. The number of esters is 5. The van der Waals surface area contributed by atoms with Crippen LogP contribution in [0.2, 0.25) is 0 Å². The molecule has 47 heavy (non-hydrogen) atoms. The summed E-state index contributed by atoms with van der Waals surface area (Å²) < 4.78 is 40.3. The summed E-state index contributed by atoms with van der Waals surface area (Å²) in [5.74, 6) is -7.34. The fraction of sp³-hybridized carbons (Fsp3) is 0.636. The number of aliphatic hydroxyl groups is 1. The Balaban J connectivity index is 1.86. The van der Waals surface area contributed by atoms with Crippen molar-refractivity contribution in [2.75, 3.05) is 7.11 Å². The van der Waals surface area contributed by atoms with E-state index in [2.05, 4.69) is 6.58 Å². The molecule has 2 aliphatic heterocycles. The van der Waals surface area contributed by atoms with Crippen molar-refractivity contribution >= 4 is 35.6 Å². The van der Waals surface area contributed by atoms with Gasteiger partial charge in [0, 0.05) is 31.7 Å². The average Bonchev–Trinajstić information content (AvgIpc) is 3.55. The molecule has 5 rings (SSSR count). The molecule has 0 amide bonds. The Bertz CT molecular complexity index is 1530. The molecule has 11 unspecified atom stereocenters. The van der Waals surface area contributed by atoms with Crippen molar-refractivity contribution in [1.82, 2.24) is 0 Å². The molecule has 1 aromatic rings. The smallest absolute Gasteiger partial charge is 0.351 e. The van der Waals surface area contributed by atoms with E-state index in [-0.39, 0.29) is 12.0 Å². The highest BCUT2D eigenvalue weighted by atomic mass is 16.6. The Labute approximate surface area is 271 Å². The lowest BCUT2D eigenvalue weighted by molar-refractivity contribution is -0.316. The molecule has 11 atom stereocenters. The molecular weight excluding hydrogens is 620 g/mol. The van der Waals surface area contributed by atoms with Gasteiger partial charge in [-0.25, -0.2) is 4.79 Å². The molecule has 2 saturated heterocycles. The first-order valence-electron chi connectivity index (χ1n) is 15.2. The standard InChI is InChI=1S/C33H40O14/c1-14-21-23(38)31(7)19(12-20(37)41-9)30(5,6)26(44-16(3)35)22(43-15(2)34)27(31)47-33(14)28(45-17(4)36)29(40)46-25(18-10-11-42-13-18)32(33,8)24(21)39/h10-11,13,19,21-22,24-28,39H,1,12H2,2-9H3. The number of ether oxygens (including phenoxy) is 6. The van der Waals surface area contributed by atoms with E-state index >= 15 is 4.79 Å². The highest BCUT2D eigenvalue weighted by Gasteiger charge is 2.83. The van der Waals surface area contributed by atoms with Gasteiger partial charge in [0.2, 0.25) is 6.10 Å². The largest absolute Gasteiger partial charge is 0.472 e. The van der Waals surface area contributed by atoms with Gasteiger partial charge in [-0.1, -0.05) is 20.4 Å². The second kappa shape index (κ2) is 11.3. The predicted molar refractivity (Wildman–Crippen MR) is 156 cm³/mol. The third-order valence-electron chi connectivity index (χ3n) is 10.9. The predicted octanol–water partition coefficient (Wildman–Crippen LogP) is 2.16. The van der Waals surface area contributed by atoms with E-state index in [0.717, 1.165) is 20.8 Å². The molecular formula is C33H40O14. The number of Topliss-reactive ketones (excluding diaryl/α,β-unsaturated/α-hetero) is 1. The van der Waals surface area contributed by atoms with Crippen molar-refractivity contribution in [3.8, 4) is 0 Å². The van der Waals surface area contributed by atoms with Gasteiger partial charge in [-0.3, -0.25) is 24.0 Å². The fourth-order valence-electron chi connectivity index (χ4n) is 8.87. The van der Waals surface area contributed by atoms with Crippen molar-refractivity contribution in [3.63, 3.8) is 0 Å². The van der Waals surface area contributed by atoms with E-state index in [1.54, 1.807) is 13.8 Å². The van der Waals surface area contributed by atoms with Gasteiger partial charge in [0.25, 0.3) is 0 Å². The number of methoxy groups -OCH3 is 1. The van der Waals surface area contributed by atoms with E-state index < -0.39 is 106 Å². The van der Waals surface area contributed by atoms with Gasteiger partial charge < -0.3 is 37.9 Å². The third-order valence-corrected chi connectivity index (χ3v) is 10.9. The van der Waals surface area contributed by atoms with Gasteiger partial charge in [-0.05, 0) is 31.4 Å². The average molecular weight is 661 g/mol. The SMILES string of the molecule is C=C1C2C(=O)C3(C)C(OC14C(OC(C)=O)C(=O)OC(c1ccoc1)C4(C)C2O)C(OC(C)=O)C(OC(C)=O)C(C)(C)C3CC(=O)OC. The minimum atomic E-state index is -2.19. The molecule has 256 valence electrons. The van der Waals surface area contributed by atoms with Gasteiger partial charge in [-0.2, -0.15) is 0 Å². The van der Waals surface area contributed by atoms with Crippen LogP contribution in [-0.4, -0.2) is 84.0 Å². The van der Waals surface area contributed by atoms with Crippen LogP contribution >= 0.6 is 0 Å². The number of ketones is 1. The van der Waals surface area contributed by atoms with Gasteiger partial charge in [-0.15, -0.1) is 0 Å². The van der Waals surface area contributed by atoms with Crippen LogP contribution in [0.4, 0.5) is 0 Å². The van der Waals surface area contributed by atoms with Gasteiger partial charge in [0.1, 0.15) is 23.9 Å². The Morgan fingerprint density at radius 2 is 1.60 bits per heavy atom. The molecule has 1 N–H and O–H groups in total. The summed E-state index contributed by atoms with van der Waals surface area (Å²) in [5.41, 5.74) is -6.78. The summed E-state index contributed by atoms with van der Waals surface area (Å²) in [4.78, 5) is 79.9. The third kappa shape index (κ3) is 4.58. The number of fused-ring (bicyclic) bond motifs is 2. The number of hydrogen-bond acceptors (Lipinski definition) is 14. The summed E-state index contributed by atoms with van der Waals surface area (Å²) in [6, 6.07) is 1.51. The molecule has 2 bridgehead atoms. The van der Waals surface area contributed by atoms with Crippen molar-refractivity contribution in [2.24, 2.45) is 28.1 Å². The van der Waals surface area contributed by atoms with E-state index in [0.29, 0.717) is 5.56 Å². The van der Waals surface area contributed by atoms with Crippen LogP contribution in [0.25, 0.3) is 0 Å². The maximum absolute atomic E-state index is 15.2. The molecule has 14 heteroatoms. The van der Waals surface area contributed by atoms with Crippen LogP contribution in [0.5, 0.6) is 0 Å². The van der Waals surface area contributed by atoms with E-state index in [1.807, 2.05) is 0 Å². The molecule has 14 nitrogen and oxygen atoms in total. The number of aliphatic hydroxyl groups excluding tert-OH is 1. The normalized spacial score (nSPS) is 40.2. The minimum absolute atomic E-state index is 0.0789. The Hall–Kier alpha value is -4.04. The van der Waals surface area contributed by atoms with E-state index in [9.17, 15) is 29.1 Å². The van der Waals surface area contributed by atoms with E-state index in [4.69, 9.17) is 32.8 Å². The van der Waals surface area contributed by atoms with Crippen LogP contribution in [0.3, 0.4) is 0 Å². The van der Waals surface area contributed by atoms with Crippen LogP contribution < -0.4 is 0 Å². The number of furan rings is 1. The van der Waals surface area contributed by atoms with Crippen LogP contribution in [-0.2, 0) is 57.2 Å². The summed E-state index contributed by atoms with van der Waals surface area (Å²) in [5, 5.41) is 12.3. The highest BCUT2D eigenvalue weighted by Crippen LogP contribution is 2.70. The molecule has 4 fully saturated rings. The monoisotopic (exact) mass is 660 g/mol. The summed E-state index contributed by atoms with van der Waals surface area (Å²) >= 11 is 0. The van der Waals surface area contributed by atoms with Gasteiger partial charge in [0.15, 0.2) is 11.9 Å². The van der Waals surface area contributed by atoms with Crippen LogP contribution in [0.1, 0.15) is 66.6 Å². The number of carbonyl (C=O) groups excluding carboxylic acids is 6. The lowest BCUT2D eigenvalue weighted by Gasteiger charge is -2.62. The maximum atomic E-state index is 15.2. The Morgan fingerprint density at radius 1 is 0.979 bits per heavy atom. The fourth-order valence-corrected chi connectivity index (χ4v) is 8.87. The zero-order valence-electron chi connectivity index (χ0n) is 27.5. The first kappa shape index (κ1) is 34.3. The Morgan fingerprint density at radius 3 is 2.13 bits per heavy atom. The molecule has 1 aromatic heterocycles. The summed E-state index contributed by atoms with van der Waals surface area (Å²) in [6.45, 7) is 13.9. The molecule has 2 aliphatic carbocycles. The van der Waals surface area contributed by atoms with Crippen molar-refractivity contribution < 1.29 is 66.7 Å². The first-order valence-corrected chi connectivity index (χ1v) is 15.2. The second-order valence-corrected chi connectivity index (χ2v) is 13.8. The quantitative estimate of drug-likeness (QED) is 0.265. The number of cyclic esters (lactones) is 1. The topological polar surface area (TPSA) is 191 Å². The lowest BCUT2D eigenvalue weighted by Crippen LogP contribution is -2.74. The second-order valence-electron chi connectivity index (χ2n) is 13.8. The highest BCUT2D eigenvalue weighted by molar-refractivity contribution is 5.95. The molecule has 4 aliphatic rings. The number of rotatable bonds is 6. The maximum Gasteiger partial charge on any atom is 0.351 e. The summed E-state index contributed by atoms with van der Waals surface area (Å²) in [6.07, 6.45) is -6.95.